The minimum atomic E-state index is 0. The van der Waals surface area contributed by atoms with E-state index in [4.69, 9.17) is 0 Å². The largest absolute Gasteiger partial charge is 0.862 e. The Morgan fingerprint density at radius 2 is 1.83 bits per heavy atom. The molecule has 0 unspecified atom stereocenters. The molecule has 0 aromatic carbocycles. The normalized spacial score (nSPS) is 12.5. The number of halogens is 1. The van der Waals surface area contributed by atoms with Crippen molar-refractivity contribution in [2.24, 2.45) is 4.99 Å². The molecule has 0 amide bonds. The Bertz CT molecular complexity index is 140. The molecule has 0 heterocycles. The van der Waals surface area contributed by atoms with Gasteiger partial charge in [0.25, 0.3) is 0 Å². The summed E-state index contributed by atoms with van der Waals surface area (Å²) in [5, 5.41) is 10.7. The number of nitrogens with zero attached hydrogens (tertiary/aromatic N) is 2. The maximum atomic E-state index is 10.7. The minimum Gasteiger partial charge on any atom is -0.862 e. The molecule has 0 aromatic rings. The first kappa shape index (κ1) is 14.7. The molecule has 3 nitrogen and oxygen atoms in total. The molecular formula is C8H19IN2O. The van der Waals surface area contributed by atoms with Crippen LogP contribution in [-0.4, -0.2) is 45.1 Å². The summed E-state index contributed by atoms with van der Waals surface area (Å²) < 4.78 is 0.914. The lowest BCUT2D eigenvalue weighted by Crippen LogP contribution is -2.35. The van der Waals surface area contributed by atoms with Gasteiger partial charge >= 0.3 is 0 Å². The molecule has 0 saturated carbocycles. The monoisotopic (exact) mass is 286 g/mol. The minimum absolute atomic E-state index is 0. The SMILES string of the molecule is CN=C([O-])CCC[N+](C)(C)C.I. The third-order valence-corrected chi connectivity index (χ3v) is 1.47. The molecule has 12 heavy (non-hydrogen) atoms. The van der Waals surface area contributed by atoms with Crippen LogP contribution in [0.3, 0.4) is 0 Å². The highest BCUT2D eigenvalue weighted by molar-refractivity contribution is 14.0. The maximum Gasteiger partial charge on any atom is 0.0783 e. The van der Waals surface area contributed by atoms with E-state index in [0.717, 1.165) is 17.4 Å². The van der Waals surface area contributed by atoms with Crippen molar-refractivity contribution < 1.29 is 9.59 Å². The van der Waals surface area contributed by atoms with Gasteiger partial charge in [0.05, 0.1) is 27.7 Å². The van der Waals surface area contributed by atoms with Gasteiger partial charge in [-0.25, -0.2) is 0 Å². The number of aliphatic imine (C=N–C) groups is 1. The van der Waals surface area contributed by atoms with Crippen LogP contribution in [0.5, 0.6) is 0 Å². The average molecular weight is 286 g/mol. The molecule has 0 radical (unpaired) electrons. The highest BCUT2D eigenvalue weighted by Gasteiger charge is 2.04. The van der Waals surface area contributed by atoms with Gasteiger partial charge in [-0.05, 0) is 12.3 Å². The Morgan fingerprint density at radius 3 is 2.17 bits per heavy atom. The zero-order chi connectivity index (χ0) is 8.91. The van der Waals surface area contributed by atoms with Gasteiger partial charge in [0.1, 0.15) is 0 Å². The molecule has 0 aliphatic heterocycles. The van der Waals surface area contributed by atoms with Crippen LogP contribution in [0.4, 0.5) is 0 Å². The first-order valence-corrected chi connectivity index (χ1v) is 3.89. The lowest BCUT2D eigenvalue weighted by atomic mass is 10.3. The predicted octanol–water partition coefficient (Wildman–Crippen LogP) is 0.479. The summed E-state index contributed by atoms with van der Waals surface area (Å²) in [6.45, 7) is 1.03. The second kappa shape index (κ2) is 6.65. The third-order valence-electron chi connectivity index (χ3n) is 1.47. The number of hydrogen-bond acceptors (Lipinski definition) is 2. The van der Waals surface area contributed by atoms with Gasteiger partial charge in [-0.15, -0.1) is 24.0 Å². The van der Waals surface area contributed by atoms with Crippen molar-refractivity contribution in [2.45, 2.75) is 12.8 Å². The molecule has 0 rings (SSSR count). The Labute approximate surface area is 92.1 Å². The zero-order valence-electron chi connectivity index (χ0n) is 8.33. The zero-order valence-corrected chi connectivity index (χ0v) is 10.7. The summed E-state index contributed by atoms with van der Waals surface area (Å²) in [6.07, 6.45) is 1.52. The first-order chi connectivity index (χ1) is 4.95. The molecule has 0 saturated heterocycles. The lowest BCUT2D eigenvalue weighted by molar-refractivity contribution is -0.870. The molecule has 0 atom stereocenters. The van der Waals surface area contributed by atoms with E-state index in [2.05, 4.69) is 26.1 Å². The second-order valence-corrected chi connectivity index (χ2v) is 3.73. The van der Waals surface area contributed by atoms with E-state index in [1.54, 1.807) is 7.05 Å². The van der Waals surface area contributed by atoms with Crippen molar-refractivity contribution >= 4 is 29.9 Å². The van der Waals surface area contributed by atoms with Gasteiger partial charge in [-0.1, -0.05) is 0 Å². The van der Waals surface area contributed by atoms with Crippen LogP contribution in [0, 0.1) is 0 Å². The van der Waals surface area contributed by atoms with Crippen LogP contribution in [0.2, 0.25) is 0 Å². The molecule has 0 spiro atoms. The van der Waals surface area contributed by atoms with E-state index in [0.29, 0.717) is 6.42 Å². The first-order valence-electron chi connectivity index (χ1n) is 3.89. The second-order valence-electron chi connectivity index (χ2n) is 3.73. The molecule has 0 N–H and O–H groups in total. The Morgan fingerprint density at radius 1 is 1.33 bits per heavy atom. The maximum absolute atomic E-state index is 10.7. The standard InChI is InChI=1S/C8H18N2O.HI/c1-9-8(11)6-5-7-10(2,3)4;/h5-7H2,1-4H3;1H. The number of hydrogen-bond donors (Lipinski definition) is 0. The highest BCUT2D eigenvalue weighted by Crippen LogP contribution is 1.96. The van der Waals surface area contributed by atoms with Crippen LogP contribution in [0.15, 0.2) is 4.99 Å². The van der Waals surface area contributed by atoms with E-state index in [1.807, 2.05) is 0 Å². The van der Waals surface area contributed by atoms with Crippen molar-refractivity contribution in [3.05, 3.63) is 0 Å². The smallest absolute Gasteiger partial charge is 0.0783 e. The summed E-state index contributed by atoms with van der Waals surface area (Å²) in [6, 6.07) is 0. The average Bonchev–Trinajstić information content (AvgIpc) is 1.85. The van der Waals surface area contributed by atoms with E-state index in [9.17, 15) is 5.11 Å². The lowest BCUT2D eigenvalue weighted by Gasteiger charge is -2.24. The van der Waals surface area contributed by atoms with Gasteiger partial charge in [-0.3, -0.25) is 0 Å². The van der Waals surface area contributed by atoms with Gasteiger partial charge in [-0.2, -0.15) is 0 Å². The van der Waals surface area contributed by atoms with Crippen molar-refractivity contribution in [3.63, 3.8) is 0 Å². The molecule has 4 heteroatoms. The van der Waals surface area contributed by atoms with Crippen LogP contribution < -0.4 is 5.11 Å². The summed E-state index contributed by atoms with van der Waals surface area (Å²) in [5.74, 6) is 0.0125. The quantitative estimate of drug-likeness (QED) is 0.320. The van der Waals surface area contributed by atoms with Gasteiger partial charge in [0.15, 0.2) is 0 Å². The van der Waals surface area contributed by atoms with Crippen LogP contribution in [-0.2, 0) is 0 Å². The van der Waals surface area contributed by atoms with Crippen LogP contribution in [0.1, 0.15) is 12.8 Å². The number of rotatable bonds is 4. The topological polar surface area (TPSA) is 35.4 Å². The fraction of sp³-hybridized carbons (Fsp3) is 0.875. The van der Waals surface area contributed by atoms with Crippen molar-refractivity contribution in [1.29, 1.82) is 0 Å². The van der Waals surface area contributed by atoms with E-state index in [-0.39, 0.29) is 29.9 Å². The number of quaternary nitrogens is 1. The summed E-state index contributed by atoms with van der Waals surface area (Å²) in [5.41, 5.74) is 0. The molecule has 0 bridgehead atoms. The third kappa shape index (κ3) is 10.2. The van der Waals surface area contributed by atoms with Crippen LogP contribution in [0.25, 0.3) is 0 Å². The fourth-order valence-electron chi connectivity index (χ4n) is 0.816. The highest BCUT2D eigenvalue weighted by atomic mass is 127. The van der Waals surface area contributed by atoms with Gasteiger partial charge in [0.2, 0.25) is 0 Å². The van der Waals surface area contributed by atoms with E-state index < -0.39 is 0 Å². The molecule has 0 aliphatic carbocycles. The predicted molar refractivity (Wildman–Crippen MR) is 60.9 cm³/mol. The summed E-state index contributed by atoms with van der Waals surface area (Å²) in [7, 11) is 7.91. The van der Waals surface area contributed by atoms with Crippen LogP contribution >= 0.6 is 24.0 Å². The molecule has 0 aliphatic rings. The van der Waals surface area contributed by atoms with Crippen molar-refractivity contribution in [2.75, 3.05) is 34.7 Å². The Kier molecular flexibility index (Phi) is 8.13. The van der Waals surface area contributed by atoms with Crippen molar-refractivity contribution in [1.82, 2.24) is 0 Å². The molecule has 74 valence electrons. The molecule has 0 aromatic heterocycles. The Hall–Kier alpha value is 0.160. The molecule has 0 fully saturated rings. The van der Waals surface area contributed by atoms with E-state index in [1.165, 1.54) is 0 Å². The molecular weight excluding hydrogens is 267 g/mol. The van der Waals surface area contributed by atoms with Crippen molar-refractivity contribution in [3.8, 4) is 0 Å². The van der Waals surface area contributed by atoms with E-state index >= 15 is 0 Å². The van der Waals surface area contributed by atoms with Gasteiger partial charge in [0, 0.05) is 13.5 Å². The Balaban J connectivity index is 0. The summed E-state index contributed by atoms with van der Waals surface area (Å²) in [4.78, 5) is 3.56. The summed E-state index contributed by atoms with van der Waals surface area (Å²) >= 11 is 0. The fourth-order valence-corrected chi connectivity index (χ4v) is 0.816. The van der Waals surface area contributed by atoms with Gasteiger partial charge < -0.3 is 14.6 Å².